The molecule has 1 N–H and O–H groups in total. The molecule has 186 valence electrons. The van der Waals surface area contributed by atoms with Gasteiger partial charge in [-0.25, -0.2) is 0 Å². The number of rotatable bonds is 12. The van der Waals surface area contributed by atoms with E-state index >= 15 is 0 Å². The quantitative estimate of drug-likeness (QED) is 0.305. The highest BCUT2D eigenvalue weighted by molar-refractivity contribution is 5.35. The lowest BCUT2D eigenvalue weighted by molar-refractivity contribution is 0.185. The van der Waals surface area contributed by atoms with Crippen LogP contribution in [0.25, 0.3) is 0 Å². The highest BCUT2D eigenvalue weighted by Crippen LogP contribution is 2.29. The second-order valence-corrected chi connectivity index (χ2v) is 7.63. The van der Waals surface area contributed by atoms with E-state index < -0.39 is 0 Å². The first-order valence-corrected chi connectivity index (χ1v) is 12.9. The maximum atomic E-state index is 9.57. The van der Waals surface area contributed by atoms with Crippen LogP contribution in [0.5, 0.6) is 5.75 Å². The van der Waals surface area contributed by atoms with E-state index in [1.807, 2.05) is 46.8 Å². The first kappa shape index (κ1) is 29.4. The van der Waals surface area contributed by atoms with Gasteiger partial charge in [0.25, 0.3) is 0 Å². The predicted octanol–water partition coefficient (Wildman–Crippen LogP) is 7.35. The van der Waals surface area contributed by atoms with Crippen molar-refractivity contribution in [1.29, 1.82) is 0 Å². The Morgan fingerprint density at radius 2 is 1.35 bits per heavy atom. The first-order valence-electron chi connectivity index (χ1n) is 12.9. The van der Waals surface area contributed by atoms with Gasteiger partial charge in [0.1, 0.15) is 5.75 Å². The van der Waals surface area contributed by atoms with Gasteiger partial charge in [-0.05, 0) is 55.0 Å². The van der Waals surface area contributed by atoms with Crippen LogP contribution in [0.1, 0.15) is 63.6 Å². The molecule has 3 aromatic carbocycles. The molecule has 0 saturated heterocycles. The van der Waals surface area contributed by atoms with Crippen molar-refractivity contribution in [3.05, 3.63) is 102 Å². The molecule has 0 unspecified atom stereocenters. The summed E-state index contributed by atoms with van der Waals surface area (Å²) in [7, 11) is 0. The highest BCUT2D eigenvalue weighted by Gasteiger charge is 2.17. The van der Waals surface area contributed by atoms with Gasteiger partial charge < -0.3 is 9.84 Å². The summed E-state index contributed by atoms with van der Waals surface area (Å²) in [5, 5.41) is 9.57. The molecule has 0 aromatic heterocycles. The van der Waals surface area contributed by atoms with Crippen LogP contribution in [0.2, 0.25) is 0 Å². The predicted molar refractivity (Wildman–Crippen MR) is 147 cm³/mol. The van der Waals surface area contributed by atoms with E-state index in [0.717, 1.165) is 31.7 Å². The molecule has 0 aliphatic carbocycles. The fourth-order valence-corrected chi connectivity index (χ4v) is 3.94. The van der Waals surface area contributed by atoms with Gasteiger partial charge in [0.05, 0.1) is 13.2 Å². The molecule has 0 heterocycles. The van der Waals surface area contributed by atoms with E-state index in [2.05, 4.69) is 77.7 Å². The van der Waals surface area contributed by atoms with Crippen molar-refractivity contribution in [3.8, 4) is 5.75 Å². The third kappa shape index (κ3) is 10.5. The maximum absolute atomic E-state index is 9.57. The molecule has 0 bridgehead atoms. The van der Waals surface area contributed by atoms with Gasteiger partial charge in [-0.1, -0.05) is 107 Å². The Bertz CT molecular complexity index is 852. The first-order chi connectivity index (χ1) is 16.8. The van der Waals surface area contributed by atoms with Crippen LogP contribution in [0.3, 0.4) is 0 Å². The Morgan fingerprint density at radius 3 is 1.97 bits per heavy atom. The van der Waals surface area contributed by atoms with E-state index in [0.29, 0.717) is 19.1 Å². The third-order valence-electron chi connectivity index (χ3n) is 5.47. The fraction of sp³-hybridized carbons (Fsp3) is 0.419. The minimum atomic E-state index is 0.177. The van der Waals surface area contributed by atoms with Gasteiger partial charge in [-0.3, -0.25) is 4.90 Å². The van der Waals surface area contributed by atoms with Crippen molar-refractivity contribution in [2.45, 2.75) is 59.9 Å². The van der Waals surface area contributed by atoms with E-state index in [-0.39, 0.29) is 6.61 Å². The number of hydrogen-bond donors (Lipinski definition) is 1. The van der Waals surface area contributed by atoms with Crippen molar-refractivity contribution in [3.63, 3.8) is 0 Å². The molecule has 0 aliphatic rings. The molecular formula is C31H45NO2. The number of benzene rings is 3. The van der Waals surface area contributed by atoms with Crippen molar-refractivity contribution in [1.82, 2.24) is 4.90 Å². The summed E-state index contributed by atoms with van der Waals surface area (Å²) >= 11 is 0. The molecule has 0 amide bonds. The van der Waals surface area contributed by atoms with E-state index in [9.17, 15) is 5.11 Å². The van der Waals surface area contributed by atoms with Gasteiger partial charge >= 0.3 is 0 Å². The number of aliphatic hydroxyl groups is 1. The summed E-state index contributed by atoms with van der Waals surface area (Å²) < 4.78 is 5.87. The maximum Gasteiger partial charge on any atom is 0.122 e. The average Bonchev–Trinajstić information content (AvgIpc) is 2.91. The van der Waals surface area contributed by atoms with Crippen LogP contribution in [0.15, 0.2) is 84.9 Å². The molecule has 3 nitrogen and oxygen atoms in total. The number of para-hydroxylation sites is 1. The summed E-state index contributed by atoms with van der Waals surface area (Å²) in [6.45, 7) is 13.4. The van der Waals surface area contributed by atoms with Crippen molar-refractivity contribution in [2.24, 2.45) is 0 Å². The zero-order valence-electron chi connectivity index (χ0n) is 21.9. The van der Waals surface area contributed by atoms with Crippen LogP contribution in [-0.2, 0) is 13.0 Å². The summed E-state index contributed by atoms with van der Waals surface area (Å²) in [6, 6.07) is 29.6. The zero-order chi connectivity index (χ0) is 25.0. The molecule has 3 rings (SSSR count). The molecule has 0 saturated carbocycles. The average molecular weight is 464 g/mol. The molecule has 0 radical (unpaired) electrons. The number of nitrogens with zero attached hydrogens (tertiary/aromatic N) is 1. The SMILES string of the molecule is CC.CC.CCOc1ccccc1C[C@H](CCN(CCO)Cc1ccccc1)c1ccccc1. The summed E-state index contributed by atoms with van der Waals surface area (Å²) in [5.41, 5.74) is 3.89. The molecule has 0 spiro atoms. The molecule has 34 heavy (non-hydrogen) atoms. The minimum Gasteiger partial charge on any atom is -0.494 e. The molecule has 0 aliphatic heterocycles. The van der Waals surface area contributed by atoms with Gasteiger partial charge in [-0.2, -0.15) is 0 Å². The summed E-state index contributed by atoms with van der Waals surface area (Å²) in [4.78, 5) is 2.35. The second kappa shape index (κ2) is 18.8. The van der Waals surface area contributed by atoms with Crippen LogP contribution in [0, 0.1) is 0 Å². The zero-order valence-corrected chi connectivity index (χ0v) is 21.9. The largest absolute Gasteiger partial charge is 0.494 e. The van der Waals surface area contributed by atoms with Gasteiger partial charge in [0.2, 0.25) is 0 Å². The molecular weight excluding hydrogens is 418 g/mol. The normalized spacial score (nSPS) is 11.0. The van der Waals surface area contributed by atoms with E-state index in [4.69, 9.17) is 4.74 Å². The molecule has 3 aromatic rings. The molecule has 0 fully saturated rings. The number of ether oxygens (including phenoxy) is 1. The van der Waals surface area contributed by atoms with Crippen molar-refractivity contribution < 1.29 is 9.84 Å². The topological polar surface area (TPSA) is 32.7 Å². The van der Waals surface area contributed by atoms with E-state index in [1.54, 1.807) is 0 Å². The summed E-state index contributed by atoms with van der Waals surface area (Å²) in [5.74, 6) is 1.38. The van der Waals surface area contributed by atoms with Crippen molar-refractivity contribution in [2.75, 3.05) is 26.3 Å². The monoisotopic (exact) mass is 463 g/mol. The lowest BCUT2D eigenvalue weighted by Gasteiger charge is -2.25. The van der Waals surface area contributed by atoms with Crippen LogP contribution < -0.4 is 4.74 Å². The standard InChI is InChI=1S/C27H33NO2.2C2H6/c1-2-30-27-16-10-9-15-26(27)21-25(24-13-7-4-8-14-24)17-18-28(19-20-29)22-23-11-5-3-6-12-23;2*1-2/h3-16,25,29H,2,17-22H2,1H3;2*1-2H3/t25-;;/m0../s1. The van der Waals surface area contributed by atoms with Gasteiger partial charge in [0.15, 0.2) is 0 Å². The van der Waals surface area contributed by atoms with Crippen LogP contribution in [-0.4, -0.2) is 36.3 Å². The van der Waals surface area contributed by atoms with Crippen molar-refractivity contribution >= 4 is 0 Å². The van der Waals surface area contributed by atoms with E-state index in [1.165, 1.54) is 16.7 Å². The second-order valence-electron chi connectivity index (χ2n) is 7.63. The molecule has 3 heteroatoms. The third-order valence-corrected chi connectivity index (χ3v) is 5.47. The van der Waals surface area contributed by atoms with Gasteiger partial charge in [0, 0.05) is 13.1 Å². The highest BCUT2D eigenvalue weighted by atomic mass is 16.5. The molecule has 1 atom stereocenters. The van der Waals surface area contributed by atoms with Crippen LogP contribution >= 0.6 is 0 Å². The number of hydrogen-bond acceptors (Lipinski definition) is 3. The summed E-state index contributed by atoms with van der Waals surface area (Å²) in [6.07, 6.45) is 1.97. The fourth-order valence-electron chi connectivity index (χ4n) is 3.94. The Morgan fingerprint density at radius 1 is 0.765 bits per heavy atom. The van der Waals surface area contributed by atoms with Gasteiger partial charge in [-0.15, -0.1) is 0 Å². The Kier molecular flexibility index (Phi) is 16.2. The smallest absolute Gasteiger partial charge is 0.122 e. The Balaban J connectivity index is 0.00000137. The minimum absolute atomic E-state index is 0.177. The lowest BCUT2D eigenvalue weighted by atomic mass is 9.88. The van der Waals surface area contributed by atoms with Crippen LogP contribution in [0.4, 0.5) is 0 Å². The number of aliphatic hydroxyl groups excluding tert-OH is 1. The Hall–Kier alpha value is -2.62. The lowest BCUT2D eigenvalue weighted by Crippen LogP contribution is -2.29. The Labute approximate surface area is 208 Å².